The Hall–Kier alpha value is -3.18. The normalized spacial score (nSPS) is 10.9. The standard InChI is InChI=1S/C22H19ClN4O/c1-26(22(28)16-8-6-12-24-13-16)15-21-25-19-10-4-5-11-20(19)27(21)14-17-7-2-3-9-18(17)23/h2-13H,14-15H2,1H3. The minimum absolute atomic E-state index is 0.0931. The molecule has 0 aliphatic carbocycles. The van der Waals surface area contributed by atoms with E-state index in [0.717, 1.165) is 22.4 Å². The Kier molecular flexibility index (Phi) is 5.08. The lowest BCUT2D eigenvalue weighted by Crippen LogP contribution is -2.28. The molecule has 0 saturated heterocycles. The van der Waals surface area contributed by atoms with E-state index in [-0.39, 0.29) is 5.91 Å². The van der Waals surface area contributed by atoms with E-state index in [1.165, 1.54) is 0 Å². The van der Waals surface area contributed by atoms with E-state index < -0.39 is 0 Å². The number of fused-ring (bicyclic) bond motifs is 1. The fourth-order valence-corrected chi connectivity index (χ4v) is 3.41. The number of halogens is 1. The minimum atomic E-state index is -0.0931. The van der Waals surface area contributed by atoms with Gasteiger partial charge in [-0.1, -0.05) is 41.9 Å². The Balaban J connectivity index is 1.68. The van der Waals surface area contributed by atoms with Crippen LogP contribution in [-0.2, 0) is 13.1 Å². The largest absolute Gasteiger partial charge is 0.334 e. The number of para-hydroxylation sites is 2. The molecule has 6 heteroatoms. The highest BCUT2D eigenvalue weighted by Gasteiger charge is 2.17. The van der Waals surface area contributed by atoms with Crippen molar-refractivity contribution in [3.05, 3.63) is 95.0 Å². The molecule has 0 radical (unpaired) electrons. The number of aromatic nitrogens is 3. The molecule has 0 unspecified atom stereocenters. The van der Waals surface area contributed by atoms with Crippen LogP contribution in [0.4, 0.5) is 0 Å². The highest BCUT2D eigenvalue weighted by molar-refractivity contribution is 6.31. The lowest BCUT2D eigenvalue weighted by Gasteiger charge is -2.18. The number of nitrogens with zero attached hydrogens (tertiary/aromatic N) is 4. The smallest absolute Gasteiger partial charge is 0.255 e. The molecule has 4 aromatic rings. The number of carbonyl (C=O) groups excluding carboxylic acids is 1. The zero-order valence-corrected chi connectivity index (χ0v) is 16.2. The maximum atomic E-state index is 12.7. The second kappa shape index (κ2) is 7.82. The van der Waals surface area contributed by atoms with Gasteiger partial charge < -0.3 is 9.47 Å². The first-order valence-corrected chi connectivity index (χ1v) is 9.34. The van der Waals surface area contributed by atoms with E-state index in [1.54, 1.807) is 36.5 Å². The van der Waals surface area contributed by atoms with E-state index in [9.17, 15) is 4.79 Å². The predicted molar refractivity (Wildman–Crippen MR) is 110 cm³/mol. The van der Waals surface area contributed by atoms with Crippen molar-refractivity contribution >= 4 is 28.5 Å². The molecule has 1 amide bonds. The van der Waals surface area contributed by atoms with Gasteiger partial charge in [-0.15, -0.1) is 0 Å². The molecular weight excluding hydrogens is 372 g/mol. The van der Waals surface area contributed by atoms with Gasteiger partial charge in [0.15, 0.2) is 0 Å². The van der Waals surface area contributed by atoms with Crippen molar-refractivity contribution in [3.63, 3.8) is 0 Å². The first kappa shape index (κ1) is 18.2. The SMILES string of the molecule is CN(Cc1nc2ccccc2n1Cc1ccccc1Cl)C(=O)c1cccnc1. The maximum Gasteiger partial charge on any atom is 0.255 e. The zero-order valence-electron chi connectivity index (χ0n) is 15.4. The van der Waals surface area contributed by atoms with Gasteiger partial charge >= 0.3 is 0 Å². The molecule has 0 saturated carbocycles. The summed E-state index contributed by atoms with van der Waals surface area (Å²) in [5.74, 6) is 0.713. The van der Waals surface area contributed by atoms with Crippen molar-refractivity contribution in [1.82, 2.24) is 19.4 Å². The van der Waals surface area contributed by atoms with Gasteiger partial charge in [0.1, 0.15) is 5.82 Å². The van der Waals surface area contributed by atoms with Crippen LogP contribution in [0.3, 0.4) is 0 Å². The quantitative estimate of drug-likeness (QED) is 0.507. The van der Waals surface area contributed by atoms with Gasteiger partial charge in [-0.25, -0.2) is 4.98 Å². The van der Waals surface area contributed by atoms with Crippen LogP contribution in [0.15, 0.2) is 73.1 Å². The number of hydrogen-bond donors (Lipinski definition) is 0. The van der Waals surface area contributed by atoms with E-state index >= 15 is 0 Å². The van der Waals surface area contributed by atoms with Gasteiger partial charge in [0.25, 0.3) is 5.91 Å². The van der Waals surface area contributed by atoms with Crippen molar-refractivity contribution in [2.24, 2.45) is 0 Å². The van der Waals surface area contributed by atoms with Crippen molar-refractivity contribution < 1.29 is 4.79 Å². The van der Waals surface area contributed by atoms with Crippen molar-refractivity contribution in [2.45, 2.75) is 13.1 Å². The van der Waals surface area contributed by atoms with Crippen LogP contribution in [0.5, 0.6) is 0 Å². The molecule has 0 N–H and O–H groups in total. The number of imidazole rings is 1. The van der Waals surface area contributed by atoms with Gasteiger partial charge in [-0.05, 0) is 35.9 Å². The molecule has 0 fully saturated rings. The summed E-state index contributed by atoms with van der Waals surface area (Å²) in [6, 6.07) is 19.3. The van der Waals surface area contributed by atoms with Crippen LogP contribution in [0.2, 0.25) is 5.02 Å². The van der Waals surface area contributed by atoms with Crippen LogP contribution in [-0.4, -0.2) is 32.4 Å². The van der Waals surface area contributed by atoms with E-state index in [0.29, 0.717) is 23.7 Å². The highest BCUT2D eigenvalue weighted by Crippen LogP contribution is 2.22. The lowest BCUT2D eigenvalue weighted by atomic mass is 10.2. The Morgan fingerprint density at radius 3 is 2.64 bits per heavy atom. The summed E-state index contributed by atoms with van der Waals surface area (Å²) in [4.78, 5) is 23.2. The van der Waals surface area contributed by atoms with Gasteiger partial charge in [0, 0.05) is 24.5 Å². The number of carbonyl (C=O) groups is 1. The summed E-state index contributed by atoms with van der Waals surface area (Å²) in [6.07, 6.45) is 3.23. The van der Waals surface area contributed by atoms with E-state index in [4.69, 9.17) is 16.6 Å². The highest BCUT2D eigenvalue weighted by atomic mass is 35.5. The molecule has 0 aliphatic heterocycles. The summed E-state index contributed by atoms with van der Waals surface area (Å²) in [6.45, 7) is 0.970. The van der Waals surface area contributed by atoms with Crippen molar-refractivity contribution in [2.75, 3.05) is 7.05 Å². The third kappa shape index (κ3) is 3.62. The monoisotopic (exact) mass is 390 g/mol. The topological polar surface area (TPSA) is 51.0 Å². The Bertz CT molecular complexity index is 1120. The molecule has 0 spiro atoms. The fourth-order valence-electron chi connectivity index (χ4n) is 3.21. The lowest BCUT2D eigenvalue weighted by molar-refractivity contribution is 0.0780. The van der Waals surface area contributed by atoms with Crippen LogP contribution >= 0.6 is 11.6 Å². The molecule has 2 aromatic heterocycles. The van der Waals surface area contributed by atoms with Gasteiger partial charge in [0.05, 0.1) is 29.7 Å². The molecular formula is C22H19ClN4O. The molecule has 2 aromatic carbocycles. The van der Waals surface area contributed by atoms with Crippen LogP contribution < -0.4 is 0 Å². The Morgan fingerprint density at radius 2 is 1.86 bits per heavy atom. The maximum absolute atomic E-state index is 12.7. The van der Waals surface area contributed by atoms with Crippen LogP contribution in [0, 0.1) is 0 Å². The molecule has 0 aliphatic rings. The molecule has 5 nitrogen and oxygen atoms in total. The molecule has 28 heavy (non-hydrogen) atoms. The van der Waals surface area contributed by atoms with Crippen molar-refractivity contribution in [1.29, 1.82) is 0 Å². The molecule has 2 heterocycles. The average Bonchev–Trinajstić information content (AvgIpc) is 3.07. The first-order chi connectivity index (χ1) is 13.6. The number of amides is 1. The summed E-state index contributed by atoms with van der Waals surface area (Å²) in [5.41, 5.74) is 3.47. The van der Waals surface area contributed by atoms with Gasteiger partial charge in [-0.3, -0.25) is 9.78 Å². The van der Waals surface area contributed by atoms with Gasteiger partial charge in [-0.2, -0.15) is 0 Å². The van der Waals surface area contributed by atoms with E-state index in [2.05, 4.69) is 9.55 Å². The Labute approximate surface area is 168 Å². The number of rotatable bonds is 5. The molecule has 4 rings (SSSR count). The zero-order chi connectivity index (χ0) is 19.5. The number of benzene rings is 2. The molecule has 0 atom stereocenters. The second-order valence-electron chi connectivity index (χ2n) is 6.60. The fraction of sp³-hybridized carbons (Fsp3) is 0.136. The predicted octanol–water partition coefficient (Wildman–Crippen LogP) is 4.41. The van der Waals surface area contributed by atoms with Crippen molar-refractivity contribution in [3.8, 4) is 0 Å². The number of pyridine rings is 1. The summed E-state index contributed by atoms with van der Waals surface area (Å²) < 4.78 is 2.11. The third-order valence-corrected chi connectivity index (χ3v) is 5.02. The minimum Gasteiger partial charge on any atom is -0.334 e. The first-order valence-electron chi connectivity index (χ1n) is 8.96. The van der Waals surface area contributed by atoms with Crippen LogP contribution in [0.1, 0.15) is 21.7 Å². The van der Waals surface area contributed by atoms with Crippen LogP contribution in [0.25, 0.3) is 11.0 Å². The second-order valence-corrected chi connectivity index (χ2v) is 7.00. The van der Waals surface area contributed by atoms with E-state index in [1.807, 2.05) is 48.5 Å². The summed E-state index contributed by atoms with van der Waals surface area (Å²) in [7, 11) is 1.77. The molecule has 140 valence electrons. The van der Waals surface area contributed by atoms with Gasteiger partial charge in [0.2, 0.25) is 0 Å². The summed E-state index contributed by atoms with van der Waals surface area (Å²) in [5, 5.41) is 0.714. The molecule has 0 bridgehead atoms. The number of hydrogen-bond acceptors (Lipinski definition) is 3. The average molecular weight is 391 g/mol. The Morgan fingerprint density at radius 1 is 1.07 bits per heavy atom. The summed E-state index contributed by atoms with van der Waals surface area (Å²) >= 11 is 6.38. The third-order valence-electron chi connectivity index (χ3n) is 4.65.